The number of anilines is 1. The molecule has 0 heterocycles. The predicted molar refractivity (Wildman–Crippen MR) is 79.9 cm³/mol. The van der Waals surface area contributed by atoms with E-state index in [-0.39, 0.29) is 18.6 Å². The van der Waals surface area contributed by atoms with Crippen LogP contribution in [0.1, 0.15) is 37.0 Å². The smallest absolute Gasteiger partial charge is 0.254 e. The van der Waals surface area contributed by atoms with Crippen LogP contribution in [0.2, 0.25) is 0 Å². The van der Waals surface area contributed by atoms with Gasteiger partial charge in [-0.25, -0.2) is 0 Å². The third-order valence-electron chi connectivity index (χ3n) is 3.40. The highest BCUT2D eigenvalue weighted by molar-refractivity contribution is 5.95. The Balaban J connectivity index is 3.08. The van der Waals surface area contributed by atoms with Gasteiger partial charge >= 0.3 is 0 Å². The maximum Gasteiger partial charge on any atom is 0.254 e. The van der Waals surface area contributed by atoms with Crippen LogP contribution >= 0.6 is 0 Å². The molecule has 0 aliphatic heterocycles. The highest BCUT2D eigenvalue weighted by Crippen LogP contribution is 2.21. The van der Waals surface area contributed by atoms with Crippen molar-refractivity contribution in [3.05, 3.63) is 23.8 Å². The first-order valence-corrected chi connectivity index (χ1v) is 6.93. The lowest BCUT2D eigenvalue weighted by Gasteiger charge is -2.30. The Hall–Kier alpha value is -1.75. The lowest BCUT2D eigenvalue weighted by Crippen LogP contribution is -2.41. The van der Waals surface area contributed by atoms with Gasteiger partial charge in [-0.2, -0.15) is 0 Å². The molecule has 0 saturated heterocycles. The van der Waals surface area contributed by atoms with E-state index in [0.717, 1.165) is 12.8 Å². The summed E-state index contributed by atoms with van der Waals surface area (Å²) in [6.07, 6.45) is 1.70. The monoisotopic (exact) mass is 280 g/mol. The zero-order valence-corrected chi connectivity index (χ0v) is 12.4. The molecular formula is C15H24N2O3. The molecule has 0 aliphatic carbocycles. The first-order chi connectivity index (χ1) is 9.57. The number of aliphatic hydroxyl groups is 1. The van der Waals surface area contributed by atoms with Gasteiger partial charge in [-0.15, -0.1) is 0 Å². The average molecular weight is 280 g/mol. The van der Waals surface area contributed by atoms with Crippen molar-refractivity contribution >= 4 is 11.6 Å². The quantitative estimate of drug-likeness (QED) is 0.748. The second-order valence-electron chi connectivity index (χ2n) is 4.69. The fourth-order valence-corrected chi connectivity index (χ4v) is 2.32. The van der Waals surface area contributed by atoms with Crippen LogP contribution in [-0.2, 0) is 0 Å². The maximum absolute atomic E-state index is 12.6. The second kappa shape index (κ2) is 7.75. The van der Waals surface area contributed by atoms with E-state index in [2.05, 4.69) is 0 Å². The Labute approximate surface area is 120 Å². The zero-order valence-electron chi connectivity index (χ0n) is 12.4. The molecule has 20 heavy (non-hydrogen) atoms. The average Bonchev–Trinajstić information content (AvgIpc) is 2.46. The minimum Gasteiger partial charge on any atom is -0.497 e. The van der Waals surface area contributed by atoms with E-state index in [1.165, 1.54) is 7.11 Å². The summed E-state index contributed by atoms with van der Waals surface area (Å²) in [5, 5.41) is 9.18. The highest BCUT2D eigenvalue weighted by Gasteiger charge is 2.22. The van der Waals surface area contributed by atoms with Crippen LogP contribution < -0.4 is 10.5 Å². The van der Waals surface area contributed by atoms with Crippen LogP contribution in [0.3, 0.4) is 0 Å². The number of hydrogen-bond acceptors (Lipinski definition) is 4. The number of hydrogen-bond donors (Lipinski definition) is 2. The van der Waals surface area contributed by atoms with Crippen LogP contribution in [0.5, 0.6) is 5.75 Å². The number of nitrogens with zero attached hydrogens (tertiary/aromatic N) is 1. The van der Waals surface area contributed by atoms with Gasteiger partial charge in [0.2, 0.25) is 0 Å². The van der Waals surface area contributed by atoms with Gasteiger partial charge in [-0.05, 0) is 25.0 Å². The Bertz CT molecular complexity index is 445. The third kappa shape index (κ3) is 3.87. The van der Waals surface area contributed by atoms with Crippen molar-refractivity contribution in [2.24, 2.45) is 0 Å². The number of nitrogen functional groups attached to an aromatic ring is 1. The fraction of sp³-hybridized carbons (Fsp3) is 0.533. The minimum absolute atomic E-state index is 0.0539. The number of carbonyl (C=O) groups is 1. The van der Waals surface area contributed by atoms with Gasteiger partial charge in [-0.3, -0.25) is 4.79 Å². The van der Waals surface area contributed by atoms with Crippen molar-refractivity contribution in [1.29, 1.82) is 0 Å². The van der Waals surface area contributed by atoms with E-state index in [9.17, 15) is 9.90 Å². The van der Waals surface area contributed by atoms with Gasteiger partial charge in [0.05, 0.1) is 13.7 Å². The zero-order chi connectivity index (χ0) is 15.1. The number of amides is 1. The van der Waals surface area contributed by atoms with Gasteiger partial charge in [0.1, 0.15) is 5.75 Å². The highest BCUT2D eigenvalue weighted by atomic mass is 16.5. The molecular weight excluding hydrogens is 256 g/mol. The van der Waals surface area contributed by atoms with Gasteiger partial charge in [0.25, 0.3) is 5.91 Å². The standard InChI is InChI=1S/C15H24N2O3/c1-4-13(5-2)17(6-7-18)15(19)11-8-12(16)10-14(9-11)20-3/h8-10,13,18H,4-7,16H2,1-3H3. The van der Waals surface area contributed by atoms with Crippen LogP contribution in [0, 0.1) is 0 Å². The van der Waals surface area contributed by atoms with Crippen molar-refractivity contribution in [3.63, 3.8) is 0 Å². The van der Waals surface area contributed by atoms with Crippen molar-refractivity contribution in [2.75, 3.05) is 26.0 Å². The van der Waals surface area contributed by atoms with Gasteiger partial charge in [0, 0.05) is 29.9 Å². The number of carbonyl (C=O) groups excluding carboxylic acids is 1. The number of ether oxygens (including phenoxy) is 1. The summed E-state index contributed by atoms with van der Waals surface area (Å²) in [7, 11) is 1.54. The van der Waals surface area contributed by atoms with E-state index in [0.29, 0.717) is 23.5 Å². The Morgan fingerprint density at radius 2 is 2.00 bits per heavy atom. The normalized spacial score (nSPS) is 10.7. The molecule has 0 aliphatic rings. The Morgan fingerprint density at radius 3 is 2.50 bits per heavy atom. The van der Waals surface area contributed by atoms with Crippen molar-refractivity contribution < 1.29 is 14.6 Å². The number of nitrogens with two attached hydrogens (primary N) is 1. The van der Waals surface area contributed by atoms with Crippen LogP contribution in [0.25, 0.3) is 0 Å². The Kier molecular flexibility index (Phi) is 6.31. The minimum atomic E-state index is -0.127. The largest absolute Gasteiger partial charge is 0.497 e. The molecule has 1 rings (SSSR count). The first kappa shape index (κ1) is 16.3. The molecule has 0 saturated carbocycles. The maximum atomic E-state index is 12.6. The summed E-state index contributed by atoms with van der Waals surface area (Å²) < 4.78 is 5.14. The predicted octanol–water partition coefficient (Wildman–Crippen LogP) is 1.90. The van der Waals surface area contributed by atoms with Gasteiger partial charge in [0.15, 0.2) is 0 Å². The summed E-state index contributed by atoms with van der Waals surface area (Å²) in [6, 6.07) is 5.09. The summed E-state index contributed by atoms with van der Waals surface area (Å²) in [5.74, 6) is 0.431. The molecule has 0 spiro atoms. The number of rotatable bonds is 7. The van der Waals surface area contributed by atoms with Crippen LogP contribution in [0.4, 0.5) is 5.69 Å². The molecule has 0 fully saturated rings. The van der Waals surface area contributed by atoms with Crippen LogP contribution in [0.15, 0.2) is 18.2 Å². The lowest BCUT2D eigenvalue weighted by atomic mass is 10.1. The van der Waals surface area contributed by atoms with E-state index in [4.69, 9.17) is 10.5 Å². The number of aliphatic hydroxyl groups excluding tert-OH is 1. The molecule has 112 valence electrons. The molecule has 5 heteroatoms. The fourth-order valence-electron chi connectivity index (χ4n) is 2.32. The van der Waals surface area contributed by atoms with Crippen molar-refractivity contribution in [2.45, 2.75) is 32.7 Å². The SMILES string of the molecule is CCC(CC)N(CCO)C(=O)c1cc(N)cc(OC)c1. The van der Waals surface area contributed by atoms with E-state index in [1.54, 1.807) is 23.1 Å². The first-order valence-electron chi connectivity index (χ1n) is 6.93. The molecule has 0 unspecified atom stereocenters. The molecule has 1 aromatic rings. The van der Waals surface area contributed by atoms with Gasteiger partial charge < -0.3 is 20.5 Å². The van der Waals surface area contributed by atoms with Crippen molar-refractivity contribution in [1.82, 2.24) is 4.90 Å². The molecule has 0 aromatic heterocycles. The molecule has 0 atom stereocenters. The third-order valence-corrected chi connectivity index (χ3v) is 3.40. The summed E-state index contributed by atoms with van der Waals surface area (Å²) in [6.45, 7) is 4.33. The number of benzene rings is 1. The van der Waals surface area contributed by atoms with Crippen LogP contribution in [-0.4, -0.2) is 42.2 Å². The molecule has 1 aromatic carbocycles. The number of methoxy groups -OCH3 is 1. The summed E-state index contributed by atoms with van der Waals surface area (Å²) in [5.41, 5.74) is 6.76. The van der Waals surface area contributed by atoms with Gasteiger partial charge in [-0.1, -0.05) is 13.8 Å². The van der Waals surface area contributed by atoms with E-state index in [1.807, 2.05) is 13.8 Å². The second-order valence-corrected chi connectivity index (χ2v) is 4.69. The molecule has 1 amide bonds. The van der Waals surface area contributed by atoms with E-state index < -0.39 is 0 Å². The molecule has 0 bridgehead atoms. The molecule has 0 radical (unpaired) electrons. The topological polar surface area (TPSA) is 75.8 Å². The van der Waals surface area contributed by atoms with E-state index >= 15 is 0 Å². The van der Waals surface area contributed by atoms with Crippen molar-refractivity contribution in [3.8, 4) is 5.75 Å². The Morgan fingerprint density at radius 1 is 1.35 bits per heavy atom. The lowest BCUT2D eigenvalue weighted by molar-refractivity contribution is 0.0622. The molecule has 5 nitrogen and oxygen atoms in total. The summed E-state index contributed by atoms with van der Waals surface area (Å²) in [4.78, 5) is 14.3. The molecule has 3 N–H and O–H groups in total. The summed E-state index contributed by atoms with van der Waals surface area (Å²) >= 11 is 0.